The first kappa shape index (κ1) is 13.9. The van der Waals surface area contributed by atoms with Gasteiger partial charge in [-0.05, 0) is 54.8 Å². The Morgan fingerprint density at radius 1 is 1.19 bits per heavy atom. The lowest BCUT2D eigenvalue weighted by atomic mass is 9.97. The molecule has 1 aliphatic rings. The van der Waals surface area contributed by atoms with Crippen LogP contribution in [-0.4, -0.2) is 61.2 Å². The quantitative estimate of drug-likeness (QED) is 0.786. The average molecular weight is 227 g/mol. The van der Waals surface area contributed by atoms with E-state index in [0.717, 1.165) is 26.2 Å². The normalized spacial score (nSPS) is 25.7. The van der Waals surface area contributed by atoms with Gasteiger partial charge < -0.3 is 10.2 Å². The smallest absolute Gasteiger partial charge is 0.0252 e. The second kappa shape index (κ2) is 5.03. The summed E-state index contributed by atoms with van der Waals surface area (Å²) < 4.78 is 0. The maximum Gasteiger partial charge on any atom is 0.0252 e. The minimum atomic E-state index is 0.236. The molecule has 3 heteroatoms. The minimum absolute atomic E-state index is 0.236. The first-order chi connectivity index (χ1) is 7.23. The number of nitrogens with one attached hydrogen (secondary N) is 1. The first-order valence-corrected chi connectivity index (χ1v) is 6.38. The molecule has 0 radical (unpaired) electrons. The standard InChI is InChI=1S/C13H29N3/c1-12(2)11-16(10-9-15(5)6)13(3,4)7-8-14-12/h14H,7-11H2,1-6H3. The van der Waals surface area contributed by atoms with E-state index >= 15 is 0 Å². The van der Waals surface area contributed by atoms with E-state index in [0.29, 0.717) is 5.54 Å². The van der Waals surface area contributed by atoms with Crippen LogP contribution in [0.2, 0.25) is 0 Å². The van der Waals surface area contributed by atoms with Crippen molar-refractivity contribution in [3.8, 4) is 0 Å². The van der Waals surface area contributed by atoms with Crippen LogP contribution in [0.25, 0.3) is 0 Å². The largest absolute Gasteiger partial charge is 0.310 e. The van der Waals surface area contributed by atoms with Crippen LogP contribution in [0.1, 0.15) is 34.1 Å². The van der Waals surface area contributed by atoms with Gasteiger partial charge >= 0.3 is 0 Å². The lowest BCUT2D eigenvalue weighted by Crippen LogP contribution is -2.52. The molecule has 0 atom stereocenters. The monoisotopic (exact) mass is 227 g/mol. The zero-order chi connectivity index (χ0) is 12.4. The molecule has 0 aromatic heterocycles. The van der Waals surface area contributed by atoms with Crippen molar-refractivity contribution >= 4 is 0 Å². The molecule has 1 heterocycles. The third-order valence-corrected chi connectivity index (χ3v) is 3.60. The predicted octanol–water partition coefficient (Wildman–Crippen LogP) is 1.40. The molecule has 0 saturated carbocycles. The Hall–Kier alpha value is -0.120. The fraction of sp³-hybridized carbons (Fsp3) is 1.00. The summed E-state index contributed by atoms with van der Waals surface area (Å²) in [6.07, 6.45) is 1.23. The molecule has 16 heavy (non-hydrogen) atoms. The van der Waals surface area contributed by atoms with E-state index in [9.17, 15) is 0 Å². The highest BCUT2D eigenvalue weighted by Gasteiger charge is 2.34. The molecule has 1 saturated heterocycles. The molecule has 1 aliphatic heterocycles. The van der Waals surface area contributed by atoms with E-state index < -0.39 is 0 Å². The summed E-state index contributed by atoms with van der Waals surface area (Å²) in [7, 11) is 4.29. The summed E-state index contributed by atoms with van der Waals surface area (Å²) in [6.45, 7) is 13.9. The van der Waals surface area contributed by atoms with Gasteiger partial charge in [-0.25, -0.2) is 0 Å². The van der Waals surface area contributed by atoms with E-state index in [4.69, 9.17) is 0 Å². The molecular weight excluding hydrogens is 198 g/mol. The Morgan fingerprint density at radius 3 is 2.38 bits per heavy atom. The van der Waals surface area contributed by atoms with Gasteiger partial charge in [-0.2, -0.15) is 0 Å². The fourth-order valence-corrected chi connectivity index (χ4v) is 2.31. The van der Waals surface area contributed by atoms with Crippen molar-refractivity contribution in [1.29, 1.82) is 0 Å². The molecule has 0 aliphatic carbocycles. The summed E-state index contributed by atoms with van der Waals surface area (Å²) in [4.78, 5) is 4.90. The van der Waals surface area contributed by atoms with Crippen molar-refractivity contribution in [2.24, 2.45) is 0 Å². The topological polar surface area (TPSA) is 18.5 Å². The van der Waals surface area contributed by atoms with Crippen LogP contribution in [-0.2, 0) is 0 Å². The second-order valence-corrected chi connectivity index (χ2v) is 6.60. The van der Waals surface area contributed by atoms with Crippen LogP contribution in [0.3, 0.4) is 0 Å². The van der Waals surface area contributed by atoms with E-state index in [2.05, 4.69) is 56.9 Å². The van der Waals surface area contributed by atoms with Gasteiger partial charge in [0.15, 0.2) is 0 Å². The van der Waals surface area contributed by atoms with Gasteiger partial charge in [0.2, 0.25) is 0 Å². The van der Waals surface area contributed by atoms with Gasteiger partial charge in [0.05, 0.1) is 0 Å². The molecular formula is C13H29N3. The maximum absolute atomic E-state index is 3.64. The zero-order valence-corrected chi connectivity index (χ0v) is 11.9. The Bertz CT molecular complexity index is 221. The molecule has 0 unspecified atom stereocenters. The third kappa shape index (κ3) is 4.04. The van der Waals surface area contributed by atoms with E-state index in [1.54, 1.807) is 0 Å². The van der Waals surface area contributed by atoms with Crippen LogP contribution < -0.4 is 5.32 Å². The SMILES string of the molecule is CN(C)CCN1CC(C)(C)NCCC1(C)C. The summed E-state index contributed by atoms with van der Waals surface area (Å²) in [6, 6.07) is 0. The molecule has 0 amide bonds. The van der Waals surface area contributed by atoms with E-state index in [1.165, 1.54) is 6.42 Å². The summed E-state index contributed by atoms with van der Waals surface area (Å²) in [5.74, 6) is 0. The van der Waals surface area contributed by atoms with E-state index in [1.807, 2.05) is 0 Å². The van der Waals surface area contributed by atoms with Crippen molar-refractivity contribution in [3.63, 3.8) is 0 Å². The second-order valence-electron chi connectivity index (χ2n) is 6.60. The molecule has 96 valence electrons. The number of hydrogen-bond acceptors (Lipinski definition) is 3. The van der Waals surface area contributed by atoms with Crippen LogP contribution in [0.15, 0.2) is 0 Å². The van der Waals surface area contributed by atoms with Crippen LogP contribution >= 0.6 is 0 Å². The van der Waals surface area contributed by atoms with Crippen molar-refractivity contribution in [1.82, 2.24) is 15.1 Å². The van der Waals surface area contributed by atoms with E-state index in [-0.39, 0.29) is 5.54 Å². The highest BCUT2D eigenvalue weighted by Crippen LogP contribution is 2.24. The fourth-order valence-electron chi connectivity index (χ4n) is 2.31. The number of likely N-dealkylation sites (N-methyl/N-ethyl adjacent to an activating group) is 1. The highest BCUT2D eigenvalue weighted by atomic mass is 15.3. The van der Waals surface area contributed by atoms with Crippen LogP contribution in [0.4, 0.5) is 0 Å². The Balaban J connectivity index is 2.66. The third-order valence-electron chi connectivity index (χ3n) is 3.60. The van der Waals surface area contributed by atoms with Gasteiger partial charge in [-0.1, -0.05) is 0 Å². The predicted molar refractivity (Wildman–Crippen MR) is 70.9 cm³/mol. The van der Waals surface area contributed by atoms with Crippen molar-refractivity contribution in [3.05, 3.63) is 0 Å². The Morgan fingerprint density at radius 2 is 1.81 bits per heavy atom. The van der Waals surface area contributed by atoms with Crippen LogP contribution in [0, 0.1) is 0 Å². The number of hydrogen-bond donors (Lipinski definition) is 1. The Kier molecular flexibility index (Phi) is 4.38. The maximum atomic E-state index is 3.64. The van der Waals surface area contributed by atoms with Crippen molar-refractivity contribution < 1.29 is 0 Å². The lowest BCUT2D eigenvalue weighted by Gasteiger charge is -2.40. The molecule has 0 spiro atoms. The highest BCUT2D eigenvalue weighted by molar-refractivity contribution is 4.93. The molecule has 1 fully saturated rings. The number of rotatable bonds is 3. The van der Waals surface area contributed by atoms with Gasteiger partial charge in [-0.15, -0.1) is 0 Å². The zero-order valence-electron chi connectivity index (χ0n) is 11.9. The van der Waals surface area contributed by atoms with Gasteiger partial charge in [0.1, 0.15) is 0 Å². The minimum Gasteiger partial charge on any atom is -0.310 e. The van der Waals surface area contributed by atoms with Crippen LogP contribution in [0.5, 0.6) is 0 Å². The summed E-state index contributed by atoms with van der Waals surface area (Å²) >= 11 is 0. The van der Waals surface area contributed by atoms with Gasteiger partial charge in [0, 0.05) is 30.7 Å². The summed E-state index contributed by atoms with van der Waals surface area (Å²) in [5, 5.41) is 3.64. The van der Waals surface area contributed by atoms with Gasteiger partial charge in [-0.3, -0.25) is 4.90 Å². The average Bonchev–Trinajstić information content (AvgIpc) is 2.19. The van der Waals surface area contributed by atoms with Crippen molar-refractivity contribution in [2.45, 2.75) is 45.2 Å². The van der Waals surface area contributed by atoms with Crippen molar-refractivity contribution in [2.75, 3.05) is 40.3 Å². The molecule has 0 bridgehead atoms. The first-order valence-electron chi connectivity index (χ1n) is 6.38. The summed E-state index contributed by atoms with van der Waals surface area (Å²) in [5.41, 5.74) is 0.552. The Labute approximate surface area is 101 Å². The molecule has 1 N–H and O–H groups in total. The lowest BCUT2D eigenvalue weighted by molar-refractivity contribution is 0.0975. The molecule has 1 rings (SSSR count). The molecule has 0 aromatic carbocycles. The molecule has 0 aromatic rings. The molecule has 3 nitrogen and oxygen atoms in total. The van der Waals surface area contributed by atoms with Gasteiger partial charge in [0.25, 0.3) is 0 Å². The number of nitrogens with zero attached hydrogens (tertiary/aromatic N) is 2.